The molecule has 0 saturated carbocycles. The molecule has 8 heteroatoms. The molecule has 0 unspecified atom stereocenters. The number of thiazole rings is 1. The number of hydrogen-bond acceptors (Lipinski definition) is 8. The van der Waals surface area contributed by atoms with Crippen LogP contribution in [0.5, 0.6) is 0 Å². The Kier molecular flexibility index (Phi) is 4.67. The molecule has 0 amide bonds. The molecule has 3 N–H and O–H groups in total. The normalized spacial score (nSPS) is 10.9. The van der Waals surface area contributed by atoms with Crippen LogP contribution in [0.2, 0.25) is 0 Å². The highest BCUT2D eigenvalue weighted by atomic mass is 32.1. The van der Waals surface area contributed by atoms with E-state index in [-0.39, 0.29) is 12.1 Å². The maximum absolute atomic E-state index is 4.34. The highest BCUT2D eigenvalue weighted by Crippen LogP contribution is 2.18. The van der Waals surface area contributed by atoms with Crippen molar-refractivity contribution in [1.82, 2.24) is 19.9 Å². The fourth-order valence-electron chi connectivity index (χ4n) is 1.46. The largest absolute Gasteiger partial charge is 0.352 e. The lowest BCUT2D eigenvalue weighted by atomic mass is 10.4. The lowest BCUT2D eigenvalue weighted by molar-refractivity contribution is 0.847. The summed E-state index contributed by atoms with van der Waals surface area (Å²) in [6.07, 6.45) is 1.73. The van der Waals surface area contributed by atoms with Crippen molar-refractivity contribution in [3.63, 3.8) is 0 Å². The molecule has 2 aromatic rings. The van der Waals surface area contributed by atoms with Crippen LogP contribution >= 0.6 is 11.3 Å². The molecule has 2 rings (SSSR count). The van der Waals surface area contributed by atoms with Crippen molar-refractivity contribution >= 4 is 34.3 Å². The Balaban J connectivity index is 2.24. The van der Waals surface area contributed by atoms with Crippen molar-refractivity contribution in [3.05, 3.63) is 11.6 Å². The lowest BCUT2D eigenvalue weighted by Crippen LogP contribution is -2.18. The predicted octanol–water partition coefficient (Wildman–Crippen LogP) is 2.71. The Hall–Kier alpha value is -1.96. The van der Waals surface area contributed by atoms with Gasteiger partial charge in [-0.15, -0.1) is 11.3 Å². The van der Waals surface area contributed by atoms with Gasteiger partial charge in [0.05, 0.1) is 0 Å². The first-order valence-corrected chi connectivity index (χ1v) is 7.36. The second-order valence-electron chi connectivity index (χ2n) is 4.87. The Morgan fingerprint density at radius 2 is 1.45 bits per heavy atom. The number of rotatable bonds is 6. The van der Waals surface area contributed by atoms with Crippen molar-refractivity contribution < 1.29 is 0 Å². The maximum Gasteiger partial charge on any atom is 0.235 e. The van der Waals surface area contributed by atoms with Crippen LogP contribution in [0.25, 0.3) is 0 Å². The van der Waals surface area contributed by atoms with Crippen LogP contribution < -0.4 is 16.0 Å². The van der Waals surface area contributed by atoms with Crippen LogP contribution in [-0.2, 0) is 0 Å². The summed E-state index contributed by atoms with van der Waals surface area (Å²) in [5.41, 5.74) is 0. The second kappa shape index (κ2) is 6.47. The van der Waals surface area contributed by atoms with E-state index in [1.54, 1.807) is 6.20 Å². The van der Waals surface area contributed by atoms with Gasteiger partial charge in [-0.05, 0) is 27.7 Å². The number of nitrogens with one attached hydrogen (secondary N) is 3. The van der Waals surface area contributed by atoms with Gasteiger partial charge in [0.25, 0.3) is 0 Å². The molecule has 0 fully saturated rings. The summed E-state index contributed by atoms with van der Waals surface area (Å²) in [5, 5.41) is 12.1. The summed E-state index contributed by atoms with van der Waals surface area (Å²) in [4.78, 5) is 17.2. The van der Waals surface area contributed by atoms with Gasteiger partial charge in [-0.2, -0.15) is 15.0 Å². The highest BCUT2D eigenvalue weighted by molar-refractivity contribution is 7.13. The van der Waals surface area contributed by atoms with Crippen LogP contribution in [0.4, 0.5) is 23.0 Å². The zero-order valence-electron chi connectivity index (χ0n) is 12.0. The van der Waals surface area contributed by atoms with Gasteiger partial charge < -0.3 is 10.6 Å². The molecule has 0 aliphatic carbocycles. The van der Waals surface area contributed by atoms with E-state index in [1.165, 1.54) is 11.3 Å². The molecule has 0 radical (unpaired) electrons. The van der Waals surface area contributed by atoms with E-state index < -0.39 is 0 Å². The molecular formula is C12H19N7S. The molecule has 0 atom stereocenters. The summed E-state index contributed by atoms with van der Waals surface area (Å²) in [6, 6.07) is 0.494. The van der Waals surface area contributed by atoms with Gasteiger partial charge in [-0.3, -0.25) is 5.32 Å². The molecule has 2 heterocycles. The molecule has 2 aromatic heterocycles. The molecule has 0 aromatic carbocycles. The molecule has 20 heavy (non-hydrogen) atoms. The van der Waals surface area contributed by atoms with Crippen molar-refractivity contribution in [3.8, 4) is 0 Å². The van der Waals surface area contributed by atoms with E-state index in [2.05, 4.69) is 35.9 Å². The van der Waals surface area contributed by atoms with E-state index in [0.717, 1.165) is 5.13 Å². The number of hydrogen-bond donors (Lipinski definition) is 3. The third-order valence-electron chi connectivity index (χ3n) is 2.12. The van der Waals surface area contributed by atoms with Gasteiger partial charge in [0, 0.05) is 23.7 Å². The zero-order chi connectivity index (χ0) is 14.5. The first kappa shape index (κ1) is 14.4. The van der Waals surface area contributed by atoms with Crippen LogP contribution in [0.3, 0.4) is 0 Å². The van der Waals surface area contributed by atoms with E-state index >= 15 is 0 Å². The fraction of sp³-hybridized carbons (Fsp3) is 0.500. The van der Waals surface area contributed by atoms with Gasteiger partial charge >= 0.3 is 0 Å². The van der Waals surface area contributed by atoms with E-state index in [1.807, 2.05) is 33.1 Å². The van der Waals surface area contributed by atoms with Crippen molar-refractivity contribution in [2.75, 3.05) is 16.0 Å². The second-order valence-corrected chi connectivity index (χ2v) is 5.76. The summed E-state index contributed by atoms with van der Waals surface area (Å²) >= 11 is 1.49. The quantitative estimate of drug-likeness (QED) is 0.754. The van der Waals surface area contributed by atoms with Gasteiger partial charge in [0.15, 0.2) is 5.13 Å². The summed E-state index contributed by atoms with van der Waals surface area (Å²) in [7, 11) is 0. The monoisotopic (exact) mass is 293 g/mol. The summed E-state index contributed by atoms with van der Waals surface area (Å²) in [6.45, 7) is 8.14. The Labute approximate surface area is 122 Å². The molecule has 7 nitrogen and oxygen atoms in total. The summed E-state index contributed by atoms with van der Waals surface area (Å²) < 4.78 is 0. The molecule has 0 spiro atoms. The average molecular weight is 293 g/mol. The smallest absolute Gasteiger partial charge is 0.235 e. The molecule has 0 saturated heterocycles. The van der Waals surface area contributed by atoms with Gasteiger partial charge in [0.1, 0.15) is 0 Å². The van der Waals surface area contributed by atoms with E-state index in [4.69, 9.17) is 0 Å². The predicted molar refractivity (Wildman–Crippen MR) is 82.7 cm³/mol. The topological polar surface area (TPSA) is 87.7 Å². The average Bonchev–Trinajstić information content (AvgIpc) is 2.79. The first-order chi connectivity index (χ1) is 9.52. The molecule has 0 aliphatic rings. The SMILES string of the molecule is CC(C)Nc1nc(Nc2nccs2)nc(NC(C)C)n1. The molecule has 0 bridgehead atoms. The van der Waals surface area contributed by atoms with Gasteiger partial charge in [-0.1, -0.05) is 0 Å². The van der Waals surface area contributed by atoms with Gasteiger partial charge in [-0.25, -0.2) is 4.98 Å². The lowest BCUT2D eigenvalue weighted by Gasteiger charge is -2.13. The number of anilines is 4. The number of aromatic nitrogens is 4. The number of nitrogens with zero attached hydrogens (tertiary/aromatic N) is 4. The van der Waals surface area contributed by atoms with Gasteiger partial charge in [0.2, 0.25) is 17.8 Å². The molecular weight excluding hydrogens is 274 g/mol. The van der Waals surface area contributed by atoms with Crippen LogP contribution in [0, 0.1) is 0 Å². The van der Waals surface area contributed by atoms with Crippen molar-refractivity contribution in [2.45, 2.75) is 39.8 Å². The Morgan fingerprint density at radius 3 is 1.90 bits per heavy atom. The third kappa shape index (κ3) is 4.30. The van der Waals surface area contributed by atoms with E-state index in [9.17, 15) is 0 Å². The zero-order valence-corrected chi connectivity index (χ0v) is 12.8. The van der Waals surface area contributed by atoms with Crippen LogP contribution in [-0.4, -0.2) is 32.0 Å². The van der Waals surface area contributed by atoms with Crippen LogP contribution in [0.15, 0.2) is 11.6 Å². The molecule has 108 valence electrons. The fourth-order valence-corrected chi connectivity index (χ4v) is 1.98. The highest BCUT2D eigenvalue weighted by Gasteiger charge is 2.09. The maximum atomic E-state index is 4.34. The molecule has 0 aliphatic heterocycles. The van der Waals surface area contributed by atoms with Crippen LogP contribution in [0.1, 0.15) is 27.7 Å². The Bertz CT molecular complexity index is 510. The minimum Gasteiger partial charge on any atom is -0.352 e. The van der Waals surface area contributed by atoms with Crippen molar-refractivity contribution in [1.29, 1.82) is 0 Å². The van der Waals surface area contributed by atoms with E-state index in [0.29, 0.717) is 17.8 Å². The standard InChI is InChI=1S/C12H19N7S/c1-7(2)14-9-16-10(15-8(3)4)18-11(17-9)19-12-13-5-6-20-12/h5-8H,1-4H3,(H3,13,14,15,16,17,18,19). The minimum absolute atomic E-state index is 0.247. The Morgan fingerprint density at radius 1 is 0.900 bits per heavy atom. The van der Waals surface area contributed by atoms with Crippen molar-refractivity contribution in [2.24, 2.45) is 0 Å². The minimum atomic E-state index is 0.247. The first-order valence-electron chi connectivity index (χ1n) is 6.48. The summed E-state index contributed by atoms with van der Waals surface area (Å²) in [5.74, 6) is 1.55. The third-order valence-corrected chi connectivity index (χ3v) is 2.81.